The predicted octanol–water partition coefficient (Wildman–Crippen LogP) is 5.00. The molecular weight excluding hydrogens is 405 g/mol. The van der Waals surface area contributed by atoms with Gasteiger partial charge in [-0.15, -0.1) is 10.2 Å². The fraction of sp³-hybridized carbons (Fsp3) is 0.261. The van der Waals surface area contributed by atoms with E-state index in [4.69, 9.17) is 0 Å². The Balaban J connectivity index is 1.42. The summed E-state index contributed by atoms with van der Waals surface area (Å²) in [5, 5.41) is 7.88. The summed E-state index contributed by atoms with van der Waals surface area (Å²) in [6.45, 7) is 0.235. The molecule has 8 heteroatoms. The molecular formula is C23H19F3N4O. The maximum atomic E-state index is 14.4. The minimum atomic E-state index is -0.662. The summed E-state index contributed by atoms with van der Waals surface area (Å²) in [6, 6.07) is 8.11. The molecule has 0 aliphatic heterocycles. The number of nitrogens with zero attached hydrogens (tertiary/aromatic N) is 3. The van der Waals surface area contributed by atoms with Gasteiger partial charge in [0, 0.05) is 17.9 Å². The Morgan fingerprint density at radius 2 is 1.74 bits per heavy atom. The van der Waals surface area contributed by atoms with Crippen LogP contribution >= 0.6 is 0 Å². The minimum absolute atomic E-state index is 0.0581. The van der Waals surface area contributed by atoms with Crippen molar-refractivity contribution in [2.24, 2.45) is 5.92 Å². The summed E-state index contributed by atoms with van der Waals surface area (Å²) >= 11 is 0. The highest BCUT2D eigenvalue weighted by molar-refractivity contribution is 5.92. The Bertz CT molecular complexity index is 1240. The number of Topliss-reactive ketones (excluding diaryl/α,β-unsaturated/α-hetero) is 1. The zero-order chi connectivity index (χ0) is 21.5. The molecule has 1 N–H and O–H groups in total. The summed E-state index contributed by atoms with van der Waals surface area (Å²) < 4.78 is 43.5. The number of ketones is 1. The number of hydrogen-bond acceptors (Lipinski definition) is 3. The molecule has 2 heterocycles. The molecule has 1 aliphatic carbocycles. The minimum Gasteiger partial charge on any atom is -0.352 e. The van der Waals surface area contributed by atoms with Gasteiger partial charge >= 0.3 is 0 Å². The van der Waals surface area contributed by atoms with Gasteiger partial charge in [0.25, 0.3) is 0 Å². The van der Waals surface area contributed by atoms with Crippen LogP contribution in [0, 0.1) is 23.4 Å². The van der Waals surface area contributed by atoms with E-state index >= 15 is 0 Å². The van der Waals surface area contributed by atoms with Crippen molar-refractivity contribution in [3.8, 4) is 11.3 Å². The van der Waals surface area contributed by atoms with Crippen molar-refractivity contribution in [2.45, 2.75) is 31.7 Å². The van der Waals surface area contributed by atoms with Gasteiger partial charge in [-0.1, -0.05) is 0 Å². The van der Waals surface area contributed by atoms with E-state index in [0.717, 1.165) is 24.5 Å². The van der Waals surface area contributed by atoms with Gasteiger partial charge in [-0.05, 0) is 66.1 Å². The van der Waals surface area contributed by atoms with Crippen molar-refractivity contribution in [3.63, 3.8) is 0 Å². The van der Waals surface area contributed by atoms with E-state index in [1.807, 2.05) is 0 Å². The number of fused-ring (bicyclic) bond motifs is 1. The Morgan fingerprint density at radius 3 is 2.45 bits per heavy atom. The number of aromatic amines is 1. The summed E-state index contributed by atoms with van der Waals surface area (Å²) in [5.41, 5.74) is 2.43. The number of nitrogens with one attached hydrogen (secondary N) is 1. The molecule has 0 saturated heterocycles. The third-order valence-corrected chi connectivity index (χ3v) is 5.98. The van der Waals surface area contributed by atoms with Crippen molar-refractivity contribution >= 4 is 16.7 Å². The van der Waals surface area contributed by atoms with Gasteiger partial charge in [-0.2, -0.15) is 0 Å². The van der Waals surface area contributed by atoms with E-state index < -0.39 is 11.6 Å². The Morgan fingerprint density at radius 1 is 1.03 bits per heavy atom. The smallest absolute Gasteiger partial charge is 0.152 e. The highest BCUT2D eigenvalue weighted by atomic mass is 19.1. The highest BCUT2D eigenvalue weighted by Crippen LogP contribution is 2.49. The summed E-state index contributed by atoms with van der Waals surface area (Å²) in [4.78, 5) is 15.4. The van der Waals surface area contributed by atoms with Crippen molar-refractivity contribution in [1.29, 1.82) is 0 Å². The molecule has 0 radical (unpaired) electrons. The first kappa shape index (κ1) is 19.5. The molecule has 0 atom stereocenters. The lowest BCUT2D eigenvalue weighted by molar-refractivity contribution is -0.121. The van der Waals surface area contributed by atoms with Crippen molar-refractivity contribution in [1.82, 2.24) is 19.7 Å². The van der Waals surface area contributed by atoms with Crippen molar-refractivity contribution in [3.05, 3.63) is 72.1 Å². The number of H-pyrrole nitrogens is 1. The molecule has 0 unspecified atom stereocenters. The van der Waals surface area contributed by atoms with Gasteiger partial charge in [-0.3, -0.25) is 4.79 Å². The summed E-state index contributed by atoms with van der Waals surface area (Å²) in [6.07, 6.45) is 4.93. The van der Waals surface area contributed by atoms with Gasteiger partial charge in [0.2, 0.25) is 0 Å². The van der Waals surface area contributed by atoms with Gasteiger partial charge in [-0.25, -0.2) is 13.2 Å². The van der Waals surface area contributed by atoms with Gasteiger partial charge in [0.15, 0.2) is 5.78 Å². The van der Waals surface area contributed by atoms with E-state index in [1.54, 1.807) is 16.7 Å². The molecule has 1 fully saturated rings. The van der Waals surface area contributed by atoms with E-state index in [0.29, 0.717) is 23.1 Å². The number of rotatable bonds is 6. The summed E-state index contributed by atoms with van der Waals surface area (Å²) in [7, 11) is 0. The lowest BCUT2D eigenvalue weighted by Crippen LogP contribution is -2.26. The normalized spacial score (nSPS) is 18.3. The summed E-state index contributed by atoms with van der Waals surface area (Å²) in [5.74, 6) is -1.31. The number of halogens is 3. The van der Waals surface area contributed by atoms with E-state index in [-0.39, 0.29) is 35.5 Å². The molecule has 0 bridgehead atoms. The molecule has 0 spiro atoms. The Labute approximate surface area is 175 Å². The standard InChI is InChI=1S/C23H19F3N4O/c24-16-3-1-14(2-4-16)22-21(19-8-17(25)9-20(26)23(19)29-22)15-5-13(6-15)7-18(31)10-30-11-27-28-12-30/h1-4,8-9,11-13,15,29H,5-7,10H2/t13-,15-. The van der Waals surface area contributed by atoms with Crippen LogP contribution in [0.5, 0.6) is 0 Å². The lowest BCUT2D eigenvalue weighted by Gasteiger charge is -2.36. The lowest BCUT2D eigenvalue weighted by atomic mass is 9.68. The van der Waals surface area contributed by atoms with Crippen LogP contribution in [0.2, 0.25) is 0 Å². The topological polar surface area (TPSA) is 63.6 Å². The Hall–Kier alpha value is -3.42. The first-order valence-corrected chi connectivity index (χ1v) is 10.1. The fourth-order valence-electron chi connectivity index (χ4n) is 4.54. The van der Waals surface area contributed by atoms with E-state index in [2.05, 4.69) is 15.2 Å². The first-order valence-electron chi connectivity index (χ1n) is 10.1. The van der Waals surface area contributed by atoms with Crippen molar-refractivity contribution in [2.75, 3.05) is 0 Å². The molecule has 2 aromatic carbocycles. The van der Waals surface area contributed by atoms with E-state index in [1.165, 1.54) is 30.9 Å². The maximum Gasteiger partial charge on any atom is 0.152 e. The average molecular weight is 424 g/mol. The molecule has 1 saturated carbocycles. The second-order valence-electron chi connectivity index (χ2n) is 8.14. The largest absolute Gasteiger partial charge is 0.352 e. The van der Waals surface area contributed by atoms with Crippen LogP contribution in [0.4, 0.5) is 13.2 Å². The zero-order valence-corrected chi connectivity index (χ0v) is 16.5. The maximum absolute atomic E-state index is 14.4. The molecule has 2 aromatic heterocycles. The third kappa shape index (κ3) is 3.73. The van der Waals surface area contributed by atoms with Crippen LogP contribution in [0.1, 0.15) is 30.7 Å². The van der Waals surface area contributed by atoms with Crippen LogP contribution in [0.3, 0.4) is 0 Å². The number of carbonyl (C=O) groups excluding carboxylic acids is 1. The third-order valence-electron chi connectivity index (χ3n) is 5.98. The van der Waals surface area contributed by atoms with Gasteiger partial charge < -0.3 is 9.55 Å². The zero-order valence-electron chi connectivity index (χ0n) is 16.5. The van der Waals surface area contributed by atoms with Crippen LogP contribution in [-0.2, 0) is 11.3 Å². The molecule has 31 heavy (non-hydrogen) atoms. The van der Waals surface area contributed by atoms with E-state index in [9.17, 15) is 18.0 Å². The molecule has 4 aromatic rings. The fourth-order valence-corrected chi connectivity index (χ4v) is 4.54. The second kappa shape index (κ2) is 7.68. The van der Waals surface area contributed by atoms with Crippen LogP contribution in [0.15, 0.2) is 49.1 Å². The quantitative estimate of drug-likeness (QED) is 0.474. The average Bonchev–Trinajstić information content (AvgIpc) is 3.33. The van der Waals surface area contributed by atoms with Crippen molar-refractivity contribution < 1.29 is 18.0 Å². The monoisotopic (exact) mass is 424 g/mol. The van der Waals surface area contributed by atoms with Crippen LogP contribution in [-0.4, -0.2) is 25.5 Å². The van der Waals surface area contributed by atoms with Gasteiger partial charge in [0.1, 0.15) is 30.1 Å². The molecule has 0 amide bonds. The highest BCUT2D eigenvalue weighted by Gasteiger charge is 2.35. The van der Waals surface area contributed by atoms with Crippen LogP contribution < -0.4 is 0 Å². The predicted molar refractivity (Wildman–Crippen MR) is 109 cm³/mol. The number of carbonyl (C=O) groups is 1. The number of hydrogen-bond donors (Lipinski definition) is 1. The molecule has 5 rings (SSSR count). The van der Waals surface area contributed by atoms with Gasteiger partial charge in [0.05, 0.1) is 17.8 Å². The number of benzene rings is 2. The van der Waals surface area contributed by atoms with Crippen LogP contribution in [0.25, 0.3) is 22.2 Å². The number of aromatic nitrogens is 4. The Kier molecular flexibility index (Phi) is 4.84. The molecule has 5 nitrogen and oxygen atoms in total. The molecule has 1 aliphatic rings. The first-order chi connectivity index (χ1) is 15.0. The second-order valence-corrected chi connectivity index (χ2v) is 8.14. The SMILES string of the molecule is O=C(Cn1cnnc1)C[C@H]1C[C@H](c2c(-c3ccc(F)cc3)[nH]c3c(F)cc(F)cc32)C1. The molecule has 158 valence electrons.